The second-order valence-electron chi connectivity index (χ2n) is 7.60. The Kier molecular flexibility index (Phi) is 5.15. The van der Waals surface area contributed by atoms with Crippen LogP contribution in [0.25, 0.3) is 5.82 Å². The van der Waals surface area contributed by atoms with Gasteiger partial charge < -0.3 is 14.4 Å². The van der Waals surface area contributed by atoms with Gasteiger partial charge in [-0.15, -0.1) is 10.2 Å². The molecule has 0 spiro atoms. The number of piperidine rings is 1. The van der Waals surface area contributed by atoms with Gasteiger partial charge in [0.1, 0.15) is 12.2 Å². The molecule has 1 amide bonds. The number of benzene rings is 1. The van der Waals surface area contributed by atoms with Crippen molar-refractivity contribution in [2.45, 2.75) is 38.1 Å². The molecular formula is C22H23N5O3. The Bertz CT molecular complexity index is 998. The third-order valence-corrected chi connectivity index (χ3v) is 5.65. The highest BCUT2D eigenvalue weighted by molar-refractivity contribution is 5.81. The first kappa shape index (κ1) is 18.7. The lowest BCUT2D eigenvalue weighted by Crippen LogP contribution is -2.48. The van der Waals surface area contributed by atoms with Gasteiger partial charge in [0.05, 0.1) is 6.61 Å². The minimum Gasteiger partial charge on any atom is -0.473 e. The molecule has 3 aromatic rings. The van der Waals surface area contributed by atoms with E-state index < -0.39 is 6.10 Å². The Labute approximate surface area is 174 Å². The summed E-state index contributed by atoms with van der Waals surface area (Å²) in [6.45, 7) is 1.81. The second kappa shape index (κ2) is 8.23. The number of carbonyl (C=O) groups excluding carboxylic acids is 1. The van der Waals surface area contributed by atoms with Crippen molar-refractivity contribution in [2.75, 3.05) is 13.1 Å². The van der Waals surface area contributed by atoms with Gasteiger partial charge in [0, 0.05) is 50.8 Å². The molecule has 0 saturated carbocycles. The van der Waals surface area contributed by atoms with Crippen molar-refractivity contribution >= 4 is 5.91 Å². The predicted octanol–water partition coefficient (Wildman–Crippen LogP) is 2.17. The zero-order valence-electron chi connectivity index (χ0n) is 16.6. The highest BCUT2D eigenvalue weighted by Crippen LogP contribution is 2.23. The lowest BCUT2D eigenvalue weighted by atomic mass is 9.98. The fourth-order valence-corrected chi connectivity index (χ4v) is 3.98. The number of likely N-dealkylation sites (tertiary alicyclic amines) is 1. The van der Waals surface area contributed by atoms with Crippen molar-refractivity contribution in [1.82, 2.24) is 24.9 Å². The van der Waals surface area contributed by atoms with Crippen LogP contribution in [0.3, 0.4) is 0 Å². The maximum Gasteiger partial charge on any atom is 0.252 e. The molecule has 0 aliphatic carbocycles. The molecule has 2 aliphatic heterocycles. The molecule has 1 unspecified atom stereocenters. The third kappa shape index (κ3) is 3.91. The number of nitrogens with zero attached hydrogens (tertiary/aromatic N) is 5. The van der Waals surface area contributed by atoms with E-state index in [1.54, 1.807) is 16.9 Å². The molecule has 1 saturated heterocycles. The summed E-state index contributed by atoms with van der Waals surface area (Å²) in [5.74, 6) is 1.20. The number of carbonyl (C=O) groups is 1. The maximum absolute atomic E-state index is 12.9. The summed E-state index contributed by atoms with van der Waals surface area (Å²) in [5, 5.41) is 12.4. The summed E-state index contributed by atoms with van der Waals surface area (Å²) < 4.78 is 13.5. The third-order valence-electron chi connectivity index (χ3n) is 5.65. The van der Waals surface area contributed by atoms with Crippen LogP contribution in [0, 0.1) is 0 Å². The molecular weight excluding hydrogens is 382 g/mol. The zero-order valence-corrected chi connectivity index (χ0v) is 16.6. The normalized spacial score (nSPS) is 19.3. The van der Waals surface area contributed by atoms with Crippen LogP contribution in [0.15, 0.2) is 54.9 Å². The van der Waals surface area contributed by atoms with Crippen LogP contribution in [0.2, 0.25) is 0 Å². The summed E-state index contributed by atoms with van der Waals surface area (Å²) in [7, 11) is 0. The summed E-state index contributed by atoms with van der Waals surface area (Å²) in [5.41, 5.74) is 2.38. The molecule has 30 heavy (non-hydrogen) atoms. The largest absolute Gasteiger partial charge is 0.473 e. The Balaban J connectivity index is 1.13. The van der Waals surface area contributed by atoms with E-state index in [2.05, 4.69) is 27.4 Å². The van der Waals surface area contributed by atoms with Gasteiger partial charge in [-0.3, -0.25) is 4.79 Å². The minimum atomic E-state index is -0.391. The number of hydrogen-bond donors (Lipinski definition) is 0. The molecule has 4 heterocycles. The van der Waals surface area contributed by atoms with Gasteiger partial charge in [0.2, 0.25) is 5.88 Å². The van der Waals surface area contributed by atoms with Gasteiger partial charge in [-0.2, -0.15) is 5.10 Å². The van der Waals surface area contributed by atoms with Crippen LogP contribution >= 0.6 is 0 Å². The quantitative estimate of drug-likeness (QED) is 0.662. The van der Waals surface area contributed by atoms with Crippen LogP contribution in [-0.4, -0.2) is 56.1 Å². The average molecular weight is 405 g/mol. The number of hydrogen-bond acceptors (Lipinski definition) is 6. The molecule has 5 rings (SSSR count). The highest BCUT2D eigenvalue weighted by atomic mass is 16.5. The first-order chi connectivity index (χ1) is 14.8. The van der Waals surface area contributed by atoms with E-state index in [0.29, 0.717) is 37.8 Å². The van der Waals surface area contributed by atoms with E-state index in [4.69, 9.17) is 9.47 Å². The van der Waals surface area contributed by atoms with Crippen molar-refractivity contribution in [3.63, 3.8) is 0 Å². The molecule has 1 atom stereocenters. The molecule has 0 bridgehead atoms. The SMILES string of the molecule is O=C(C1Cc2ccccc2CO1)N1CCC(Oc2ccc(-n3cccn3)nn2)CC1. The van der Waals surface area contributed by atoms with Crippen LogP contribution < -0.4 is 4.74 Å². The number of aromatic nitrogens is 4. The number of ether oxygens (including phenoxy) is 2. The minimum absolute atomic E-state index is 0.0203. The standard InChI is InChI=1S/C22H23N5O3/c28-22(19-14-16-4-1-2-5-17(16)15-29-19)26-12-8-18(9-13-26)30-21-7-6-20(24-25-21)27-11-3-10-23-27/h1-7,10-11,18-19H,8-9,12-15H2. The van der Waals surface area contributed by atoms with E-state index in [1.165, 1.54) is 11.1 Å². The van der Waals surface area contributed by atoms with Crippen molar-refractivity contribution in [1.29, 1.82) is 0 Å². The summed E-state index contributed by atoms with van der Waals surface area (Å²) in [6.07, 6.45) is 5.30. The molecule has 0 radical (unpaired) electrons. The van der Waals surface area contributed by atoms with Crippen molar-refractivity contribution < 1.29 is 14.3 Å². The van der Waals surface area contributed by atoms with Gasteiger partial charge in [0.15, 0.2) is 5.82 Å². The van der Waals surface area contributed by atoms with Gasteiger partial charge >= 0.3 is 0 Å². The molecule has 1 fully saturated rings. The lowest BCUT2D eigenvalue weighted by molar-refractivity contribution is -0.147. The predicted molar refractivity (Wildman–Crippen MR) is 108 cm³/mol. The van der Waals surface area contributed by atoms with E-state index in [0.717, 1.165) is 12.8 Å². The second-order valence-corrected chi connectivity index (χ2v) is 7.60. The smallest absolute Gasteiger partial charge is 0.252 e. The topological polar surface area (TPSA) is 82.4 Å². The van der Waals surface area contributed by atoms with E-state index in [-0.39, 0.29) is 12.0 Å². The van der Waals surface area contributed by atoms with Gasteiger partial charge in [-0.1, -0.05) is 24.3 Å². The first-order valence-corrected chi connectivity index (χ1v) is 10.2. The molecule has 8 nitrogen and oxygen atoms in total. The van der Waals surface area contributed by atoms with E-state index >= 15 is 0 Å². The summed E-state index contributed by atoms with van der Waals surface area (Å²) in [6, 6.07) is 13.6. The fourth-order valence-electron chi connectivity index (χ4n) is 3.98. The van der Waals surface area contributed by atoms with Gasteiger partial charge in [-0.25, -0.2) is 4.68 Å². The van der Waals surface area contributed by atoms with Crippen LogP contribution in [0.4, 0.5) is 0 Å². The average Bonchev–Trinajstić information content (AvgIpc) is 3.34. The molecule has 0 N–H and O–H groups in total. The molecule has 2 aromatic heterocycles. The highest BCUT2D eigenvalue weighted by Gasteiger charge is 2.32. The molecule has 154 valence electrons. The molecule has 1 aromatic carbocycles. The lowest BCUT2D eigenvalue weighted by Gasteiger charge is -2.35. The number of amides is 1. The Morgan fingerprint density at radius 3 is 2.60 bits per heavy atom. The zero-order chi connectivity index (χ0) is 20.3. The number of rotatable bonds is 4. The van der Waals surface area contributed by atoms with E-state index in [1.807, 2.05) is 35.4 Å². The van der Waals surface area contributed by atoms with Crippen molar-refractivity contribution in [3.05, 3.63) is 66.0 Å². The first-order valence-electron chi connectivity index (χ1n) is 10.2. The van der Waals surface area contributed by atoms with E-state index in [9.17, 15) is 4.79 Å². The Morgan fingerprint density at radius 1 is 1.03 bits per heavy atom. The maximum atomic E-state index is 12.9. The Hall–Kier alpha value is -3.26. The van der Waals surface area contributed by atoms with Crippen molar-refractivity contribution in [3.8, 4) is 11.7 Å². The molecule has 2 aliphatic rings. The summed E-state index contributed by atoms with van der Waals surface area (Å²) in [4.78, 5) is 14.8. The van der Waals surface area contributed by atoms with Gasteiger partial charge in [0.25, 0.3) is 5.91 Å². The summed E-state index contributed by atoms with van der Waals surface area (Å²) >= 11 is 0. The monoisotopic (exact) mass is 405 g/mol. The van der Waals surface area contributed by atoms with Crippen molar-refractivity contribution in [2.24, 2.45) is 0 Å². The van der Waals surface area contributed by atoms with Crippen LogP contribution in [-0.2, 0) is 22.6 Å². The Morgan fingerprint density at radius 2 is 1.87 bits per heavy atom. The van der Waals surface area contributed by atoms with Crippen LogP contribution in [0.1, 0.15) is 24.0 Å². The van der Waals surface area contributed by atoms with Crippen LogP contribution in [0.5, 0.6) is 5.88 Å². The fraction of sp³-hybridized carbons (Fsp3) is 0.364. The number of fused-ring (bicyclic) bond motifs is 1. The van der Waals surface area contributed by atoms with Gasteiger partial charge in [-0.05, 0) is 23.3 Å². The molecule has 8 heteroatoms.